The molecular formula is C12H12ClFN2O. The fourth-order valence-corrected chi connectivity index (χ4v) is 1.65. The van der Waals surface area contributed by atoms with E-state index in [1.807, 2.05) is 14.0 Å². The van der Waals surface area contributed by atoms with Crippen LogP contribution in [0.3, 0.4) is 0 Å². The highest BCUT2D eigenvalue weighted by Gasteiger charge is 2.15. The molecule has 0 aliphatic rings. The number of benzene rings is 1. The summed E-state index contributed by atoms with van der Waals surface area (Å²) in [5, 5.41) is 3.06. The van der Waals surface area contributed by atoms with Gasteiger partial charge in [-0.1, -0.05) is 17.7 Å². The lowest BCUT2D eigenvalue weighted by Gasteiger charge is -2.04. The van der Waals surface area contributed by atoms with Crippen molar-refractivity contribution in [1.29, 1.82) is 0 Å². The van der Waals surface area contributed by atoms with Crippen molar-refractivity contribution in [1.82, 2.24) is 10.3 Å². The number of halogens is 2. The van der Waals surface area contributed by atoms with E-state index >= 15 is 0 Å². The zero-order valence-corrected chi connectivity index (χ0v) is 10.3. The summed E-state index contributed by atoms with van der Waals surface area (Å²) in [5.41, 5.74) is 0.508. The molecule has 1 unspecified atom stereocenters. The lowest BCUT2D eigenvalue weighted by Crippen LogP contribution is -2.12. The van der Waals surface area contributed by atoms with Gasteiger partial charge in [0.2, 0.25) is 5.89 Å². The minimum Gasteiger partial charge on any atom is -0.439 e. The van der Waals surface area contributed by atoms with Gasteiger partial charge in [-0.2, -0.15) is 0 Å². The predicted molar refractivity (Wildman–Crippen MR) is 64.4 cm³/mol. The van der Waals surface area contributed by atoms with Gasteiger partial charge in [-0.15, -0.1) is 0 Å². The van der Waals surface area contributed by atoms with Crippen molar-refractivity contribution in [3.63, 3.8) is 0 Å². The highest BCUT2D eigenvalue weighted by molar-refractivity contribution is 6.33. The number of nitrogens with zero attached hydrogens (tertiary/aromatic N) is 1. The maximum Gasteiger partial charge on any atom is 0.211 e. The normalized spacial score (nSPS) is 12.7. The number of aromatic nitrogens is 1. The van der Waals surface area contributed by atoms with E-state index in [-0.39, 0.29) is 11.1 Å². The van der Waals surface area contributed by atoms with Gasteiger partial charge in [-0.25, -0.2) is 9.37 Å². The molecule has 2 rings (SSSR count). The molecule has 1 N–H and O–H groups in total. The first kappa shape index (κ1) is 12.1. The Morgan fingerprint density at radius 2 is 2.24 bits per heavy atom. The highest BCUT2D eigenvalue weighted by Crippen LogP contribution is 2.31. The van der Waals surface area contributed by atoms with E-state index in [0.29, 0.717) is 17.2 Å². The molecule has 3 nitrogen and oxygen atoms in total. The van der Waals surface area contributed by atoms with Crippen LogP contribution in [0.2, 0.25) is 5.02 Å². The largest absolute Gasteiger partial charge is 0.439 e. The molecule has 1 heterocycles. The zero-order valence-electron chi connectivity index (χ0n) is 9.50. The van der Waals surface area contributed by atoms with Gasteiger partial charge in [0.25, 0.3) is 0 Å². The maximum absolute atomic E-state index is 13.3. The number of rotatable bonds is 3. The maximum atomic E-state index is 13.3. The number of hydrogen-bond donors (Lipinski definition) is 1. The predicted octanol–water partition coefficient (Wildman–Crippen LogP) is 3.41. The van der Waals surface area contributed by atoms with Crippen molar-refractivity contribution in [2.24, 2.45) is 0 Å². The molecule has 0 spiro atoms. The van der Waals surface area contributed by atoms with Gasteiger partial charge >= 0.3 is 0 Å². The van der Waals surface area contributed by atoms with Crippen LogP contribution in [0.1, 0.15) is 18.9 Å². The first-order valence-electron chi connectivity index (χ1n) is 5.21. The molecule has 0 saturated heterocycles. The molecule has 2 aromatic rings. The summed E-state index contributed by atoms with van der Waals surface area (Å²) in [7, 11) is 1.81. The molecule has 0 bridgehead atoms. The second-order valence-corrected chi connectivity index (χ2v) is 4.05. The molecule has 1 aromatic carbocycles. The number of hydrogen-bond acceptors (Lipinski definition) is 3. The van der Waals surface area contributed by atoms with Crippen LogP contribution in [0.4, 0.5) is 4.39 Å². The summed E-state index contributed by atoms with van der Waals surface area (Å²) >= 11 is 5.87. The molecule has 0 radical (unpaired) electrons. The minimum absolute atomic E-state index is 0.00363. The first-order chi connectivity index (χ1) is 8.13. The monoisotopic (exact) mass is 254 g/mol. The molecule has 0 amide bonds. The molecule has 0 saturated carbocycles. The molecule has 1 atom stereocenters. The van der Waals surface area contributed by atoms with Crippen molar-refractivity contribution < 1.29 is 8.81 Å². The van der Waals surface area contributed by atoms with Crippen LogP contribution in [-0.4, -0.2) is 12.0 Å². The molecule has 1 aromatic heterocycles. The van der Waals surface area contributed by atoms with Crippen molar-refractivity contribution >= 4 is 11.6 Å². The Hall–Kier alpha value is -1.39. The molecule has 5 heteroatoms. The van der Waals surface area contributed by atoms with Gasteiger partial charge in [-0.3, -0.25) is 0 Å². The van der Waals surface area contributed by atoms with Gasteiger partial charge in [0.15, 0.2) is 5.76 Å². The molecule has 0 aliphatic carbocycles. The average molecular weight is 255 g/mol. The smallest absolute Gasteiger partial charge is 0.211 e. The van der Waals surface area contributed by atoms with Crippen molar-refractivity contribution in [2.75, 3.05) is 7.05 Å². The highest BCUT2D eigenvalue weighted by atomic mass is 35.5. The van der Waals surface area contributed by atoms with Gasteiger partial charge in [0, 0.05) is 5.56 Å². The van der Waals surface area contributed by atoms with Gasteiger partial charge in [0.1, 0.15) is 5.82 Å². The third kappa shape index (κ3) is 2.33. The molecule has 0 aliphatic heterocycles. The Morgan fingerprint density at radius 3 is 2.94 bits per heavy atom. The summed E-state index contributed by atoms with van der Waals surface area (Å²) in [6.45, 7) is 1.92. The third-order valence-corrected chi connectivity index (χ3v) is 2.93. The van der Waals surface area contributed by atoms with Crippen LogP contribution in [0.15, 0.2) is 28.8 Å². The zero-order chi connectivity index (χ0) is 12.4. The standard InChI is InChI=1S/C12H12ClFN2O/c1-7(15-2)12-16-6-10(17-12)8-4-3-5-9(14)11(8)13/h3-7,15H,1-2H3. The first-order valence-corrected chi connectivity index (χ1v) is 5.58. The Labute approximate surface area is 104 Å². The number of nitrogens with one attached hydrogen (secondary N) is 1. The molecule has 17 heavy (non-hydrogen) atoms. The Bertz CT molecular complexity index is 527. The summed E-state index contributed by atoms with van der Waals surface area (Å²) < 4.78 is 18.8. The van der Waals surface area contributed by atoms with Crippen LogP contribution in [0, 0.1) is 5.82 Å². The molecule has 0 fully saturated rings. The fourth-order valence-electron chi connectivity index (χ4n) is 1.43. The topological polar surface area (TPSA) is 38.1 Å². The summed E-state index contributed by atoms with van der Waals surface area (Å²) in [4.78, 5) is 4.12. The number of oxazole rings is 1. The fraction of sp³-hybridized carbons (Fsp3) is 0.250. The van der Waals surface area contributed by atoms with Crippen molar-refractivity contribution in [3.8, 4) is 11.3 Å². The van der Waals surface area contributed by atoms with E-state index in [1.54, 1.807) is 18.3 Å². The van der Waals surface area contributed by atoms with E-state index in [2.05, 4.69) is 10.3 Å². The van der Waals surface area contributed by atoms with Crippen LogP contribution in [0.5, 0.6) is 0 Å². The lowest BCUT2D eigenvalue weighted by molar-refractivity contribution is 0.441. The van der Waals surface area contributed by atoms with Crippen LogP contribution in [-0.2, 0) is 0 Å². The average Bonchev–Trinajstić information content (AvgIpc) is 2.81. The van der Waals surface area contributed by atoms with Gasteiger partial charge in [0.05, 0.1) is 17.3 Å². The van der Waals surface area contributed by atoms with E-state index in [9.17, 15) is 4.39 Å². The second-order valence-electron chi connectivity index (χ2n) is 3.67. The van der Waals surface area contributed by atoms with E-state index < -0.39 is 5.82 Å². The minimum atomic E-state index is -0.469. The molecular weight excluding hydrogens is 243 g/mol. The summed E-state index contributed by atoms with van der Waals surface area (Å²) in [6.07, 6.45) is 1.55. The SMILES string of the molecule is CNC(C)c1ncc(-c2cccc(F)c2Cl)o1. The Kier molecular flexibility index (Phi) is 3.45. The Balaban J connectivity index is 2.40. The Morgan fingerprint density at radius 1 is 1.47 bits per heavy atom. The van der Waals surface area contributed by atoms with E-state index in [0.717, 1.165) is 0 Å². The molecule has 90 valence electrons. The van der Waals surface area contributed by atoms with Gasteiger partial charge < -0.3 is 9.73 Å². The van der Waals surface area contributed by atoms with E-state index in [1.165, 1.54) is 6.07 Å². The third-order valence-electron chi connectivity index (χ3n) is 2.54. The summed E-state index contributed by atoms with van der Waals surface area (Å²) in [6, 6.07) is 4.58. The summed E-state index contributed by atoms with van der Waals surface area (Å²) in [5.74, 6) is 0.540. The van der Waals surface area contributed by atoms with Crippen LogP contribution < -0.4 is 5.32 Å². The van der Waals surface area contributed by atoms with Gasteiger partial charge in [-0.05, 0) is 26.1 Å². The van der Waals surface area contributed by atoms with E-state index in [4.69, 9.17) is 16.0 Å². The quantitative estimate of drug-likeness (QED) is 0.912. The van der Waals surface area contributed by atoms with Crippen molar-refractivity contribution in [2.45, 2.75) is 13.0 Å². The van der Waals surface area contributed by atoms with Crippen molar-refractivity contribution in [3.05, 3.63) is 41.1 Å². The van der Waals surface area contributed by atoms with Crippen LogP contribution in [0.25, 0.3) is 11.3 Å². The lowest BCUT2D eigenvalue weighted by atomic mass is 10.2. The van der Waals surface area contributed by atoms with Crippen LogP contribution >= 0.6 is 11.6 Å². The second kappa shape index (κ2) is 4.85.